The third kappa shape index (κ3) is 8.49. The average Bonchev–Trinajstić information content (AvgIpc) is 2.85. The van der Waals surface area contributed by atoms with Gasteiger partial charge in [-0.3, -0.25) is 14.9 Å². The van der Waals surface area contributed by atoms with E-state index in [0.29, 0.717) is 35.7 Å². The largest absolute Gasteiger partial charge is 0.492 e. The maximum atomic E-state index is 13.0. The van der Waals surface area contributed by atoms with Crippen molar-refractivity contribution in [2.45, 2.75) is 26.2 Å². The molecule has 0 bridgehead atoms. The molecule has 8 heteroatoms. The number of anilines is 1. The van der Waals surface area contributed by atoms with Gasteiger partial charge in [-0.1, -0.05) is 65.7 Å². The molecule has 0 aromatic heterocycles. The van der Waals surface area contributed by atoms with Gasteiger partial charge in [0.1, 0.15) is 5.75 Å². The van der Waals surface area contributed by atoms with Gasteiger partial charge < -0.3 is 15.4 Å². The third-order valence-electron chi connectivity index (χ3n) is 5.10. The number of carbonyl (C=O) groups is 2. The fourth-order valence-corrected chi connectivity index (χ4v) is 3.85. The zero-order valence-electron chi connectivity index (χ0n) is 19.5. The lowest BCUT2D eigenvalue weighted by Gasteiger charge is -2.14. The van der Waals surface area contributed by atoms with Crippen LogP contribution in [-0.2, 0) is 6.42 Å². The van der Waals surface area contributed by atoms with E-state index in [9.17, 15) is 9.59 Å². The minimum Gasteiger partial charge on any atom is -0.492 e. The third-order valence-corrected chi connectivity index (χ3v) is 5.80. The van der Waals surface area contributed by atoms with E-state index in [0.717, 1.165) is 29.3 Å². The van der Waals surface area contributed by atoms with Crippen LogP contribution in [0.4, 0.5) is 5.69 Å². The van der Waals surface area contributed by atoms with Crippen molar-refractivity contribution >= 4 is 50.8 Å². The molecule has 6 nitrogen and oxygen atoms in total. The van der Waals surface area contributed by atoms with Crippen LogP contribution in [0.3, 0.4) is 0 Å². The quantitative estimate of drug-likeness (QED) is 0.221. The molecule has 2 amide bonds. The van der Waals surface area contributed by atoms with E-state index in [2.05, 4.69) is 38.8 Å². The second-order valence-corrected chi connectivity index (χ2v) is 9.15. The van der Waals surface area contributed by atoms with Crippen molar-refractivity contribution in [3.8, 4) is 5.75 Å². The number of carbonyl (C=O) groups excluding carboxylic acids is 2. The van der Waals surface area contributed by atoms with Gasteiger partial charge in [-0.25, -0.2) is 0 Å². The number of hydrogen-bond donors (Lipinski definition) is 3. The molecule has 3 aromatic carbocycles. The van der Waals surface area contributed by atoms with Crippen LogP contribution in [0.2, 0.25) is 0 Å². The zero-order chi connectivity index (χ0) is 25.0. The number of hydrogen-bond acceptors (Lipinski definition) is 4. The Hall–Kier alpha value is -3.23. The number of amides is 2. The zero-order valence-corrected chi connectivity index (χ0v) is 21.9. The molecule has 3 N–H and O–H groups in total. The fraction of sp³-hybridized carbons (Fsp3) is 0.222. The topological polar surface area (TPSA) is 79.5 Å². The molecule has 35 heavy (non-hydrogen) atoms. The molecule has 0 aliphatic rings. The first-order valence-corrected chi connectivity index (χ1v) is 12.6. The van der Waals surface area contributed by atoms with Crippen LogP contribution in [0, 0.1) is 0 Å². The molecule has 0 aliphatic heterocycles. The molecule has 0 heterocycles. The molecule has 0 atom stereocenters. The van der Waals surface area contributed by atoms with Crippen molar-refractivity contribution in [3.05, 3.63) is 94.0 Å². The van der Waals surface area contributed by atoms with Gasteiger partial charge in [0, 0.05) is 28.7 Å². The molecule has 3 aromatic rings. The number of thiocarbonyl (C=S) groups is 1. The normalized spacial score (nSPS) is 10.3. The van der Waals surface area contributed by atoms with E-state index in [1.54, 1.807) is 36.4 Å². The van der Waals surface area contributed by atoms with E-state index in [1.165, 1.54) is 0 Å². The first-order valence-electron chi connectivity index (χ1n) is 11.4. The highest BCUT2D eigenvalue weighted by Gasteiger charge is 2.15. The van der Waals surface area contributed by atoms with Crippen molar-refractivity contribution < 1.29 is 14.3 Å². The molecule has 0 radical (unpaired) electrons. The van der Waals surface area contributed by atoms with E-state index < -0.39 is 5.91 Å². The summed E-state index contributed by atoms with van der Waals surface area (Å²) in [5, 5.41) is 8.67. The Kier molecular flexibility index (Phi) is 10.3. The standard InChI is InChI=1S/C27H28BrN3O3S/c1-2-3-15-29-25(32)20-10-7-11-22(17-20)30-27(35)31-26(33)23-18-21(28)12-13-24(23)34-16-14-19-8-5-4-6-9-19/h4-13,17-18H,2-3,14-16H2,1H3,(H,29,32)(H2,30,31,33,35). The summed E-state index contributed by atoms with van der Waals surface area (Å²) in [4.78, 5) is 25.3. The van der Waals surface area contributed by atoms with Gasteiger partial charge >= 0.3 is 0 Å². The highest BCUT2D eigenvalue weighted by atomic mass is 79.9. The Morgan fingerprint density at radius 1 is 0.971 bits per heavy atom. The first kappa shape index (κ1) is 26.4. The monoisotopic (exact) mass is 553 g/mol. The Bertz CT molecular complexity index is 1170. The highest BCUT2D eigenvalue weighted by Crippen LogP contribution is 2.24. The van der Waals surface area contributed by atoms with Gasteiger partial charge in [0.25, 0.3) is 11.8 Å². The number of ether oxygens (including phenoxy) is 1. The SMILES string of the molecule is CCCCNC(=O)c1cccc(NC(=S)NC(=O)c2cc(Br)ccc2OCCc2ccccc2)c1. The van der Waals surface area contributed by atoms with Crippen LogP contribution >= 0.6 is 28.1 Å². The fourth-order valence-electron chi connectivity index (χ4n) is 3.28. The van der Waals surface area contributed by atoms with Gasteiger partial charge in [0.15, 0.2) is 5.11 Å². The summed E-state index contributed by atoms with van der Waals surface area (Å²) in [6.45, 7) is 3.13. The Morgan fingerprint density at radius 3 is 2.54 bits per heavy atom. The van der Waals surface area contributed by atoms with Crippen molar-refractivity contribution in [2.24, 2.45) is 0 Å². The van der Waals surface area contributed by atoms with Crippen LogP contribution in [0.5, 0.6) is 5.75 Å². The summed E-state index contributed by atoms with van der Waals surface area (Å²) < 4.78 is 6.66. The molecule has 0 unspecified atom stereocenters. The van der Waals surface area contributed by atoms with Crippen LogP contribution in [0.1, 0.15) is 46.0 Å². The van der Waals surface area contributed by atoms with Gasteiger partial charge in [-0.2, -0.15) is 0 Å². The molecule has 3 rings (SSSR count). The molecule has 0 fully saturated rings. The highest BCUT2D eigenvalue weighted by molar-refractivity contribution is 9.10. The second kappa shape index (κ2) is 13.6. The van der Waals surface area contributed by atoms with Gasteiger partial charge in [-0.05, 0) is 60.6 Å². The first-order chi connectivity index (χ1) is 17.0. The van der Waals surface area contributed by atoms with E-state index in [4.69, 9.17) is 17.0 Å². The van der Waals surface area contributed by atoms with Crippen molar-refractivity contribution in [1.82, 2.24) is 10.6 Å². The summed E-state index contributed by atoms with van der Waals surface area (Å²) in [7, 11) is 0. The minimum atomic E-state index is -0.396. The molecule has 0 aliphatic carbocycles. The molecule has 0 saturated heterocycles. The number of nitrogens with one attached hydrogen (secondary N) is 3. The summed E-state index contributed by atoms with van der Waals surface area (Å²) in [5.74, 6) is -0.0781. The van der Waals surface area contributed by atoms with E-state index in [1.807, 2.05) is 36.4 Å². The predicted molar refractivity (Wildman–Crippen MR) is 147 cm³/mol. The Labute approximate surface area is 219 Å². The van der Waals surface area contributed by atoms with Crippen LogP contribution in [-0.4, -0.2) is 30.1 Å². The average molecular weight is 555 g/mol. The van der Waals surface area contributed by atoms with Gasteiger partial charge in [0.2, 0.25) is 0 Å². The lowest BCUT2D eigenvalue weighted by atomic mass is 10.1. The number of halogens is 1. The number of benzene rings is 3. The van der Waals surface area contributed by atoms with E-state index in [-0.39, 0.29) is 11.0 Å². The summed E-state index contributed by atoms with van der Waals surface area (Å²) in [6, 6.07) is 22.2. The van der Waals surface area contributed by atoms with Crippen molar-refractivity contribution in [3.63, 3.8) is 0 Å². The Morgan fingerprint density at radius 2 is 1.77 bits per heavy atom. The second-order valence-electron chi connectivity index (χ2n) is 7.82. The van der Waals surface area contributed by atoms with Gasteiger partial charge in [0.05, 0.1) is 12.2 Å². The lowest BCUT2D eigenvalue weighted by molar-refractivity contribution is 0.0950. The van der Waals surface area contributed by atoms with Crippen LogP contribution in [0.15, 0.2) is 77.3 Å². The molecule has 182 valence electrons. The van der Waals surface area contributed by atoms with Crippen LogP contribution in [0.25, 0.3) is 0 Å². The molecule has 0 saturated carbocycles. The number of rotatable bonds is 10. The smallest absolute Gasteiger partial charge is 0.261 e. The summed E-state index contributed by atoms with van der Waals surface area (Å²) >= 11 is 8.75. The predicted octanol–water partition coefficient (Wildman–Crippen LogP) is 5.73. The Balaban J connectivity index is 1.60. The number of unbranched alkanes of at least 4 members (excludes halogenated alkanes) is 1. The lowest BCUT2D eigenvalue weighted by Crippen LogP contribution is -2.34. The molecule has 0 spiro atoms. The van der Waals surface area contributed by atoms with Gasteiger partial charge in [-0.15, -0.1) is 0 Å². The maximum Gasteiger partial charge on any atom is 0.261 e. The van der Waals surface area contributed by atoms with E-state index >= 15 is 0 Å². The summed E-state index contributed by atoms with van der Waals surface area (Å²) in [6.07, 6.45) is 2.65. The molecular weight excluding hydrogens is 526 g/mol. The summed E-state index contributed by atoms with van der Waals surface area (Å²) in [5.41, 5.74) is 2.64. The molecular formula is C27H28BrN3O3S. The van der Waals surface area contributed by atoms with Crippen molar-refractivity contribution in [1.29, 1.82) is 0 Å². The minimum absolute atomic E-state index is 0.119. The maximum absolute atomic E-state index is 13.0. The van der Waals surface area contributed by atoms with Crippen LogP contribution < -0.4 is 20.7 Å². The van der Waals surface area contributed by atoms with Crippen molar-refractivity contribution in [2.75, 3.05) is 18.5 Å².